The molecule has 1 fully saturated rings. The summed E-state index contributed by atoms with van der Waals surface area (Å²) in [5, 5.41) is 0. The molecule has 2 atom stereocenters. The van der Waals surface area contributed by atoms with E-state index in [4.69, 9.17) is 5.73 Å². The van der Waals surface area contributed by atoms with Crippen LogP contribution in [0.25, 0.3) is 0 Å². The van der Waals surface area contributed by atoms with Crippen LogP contribution in [0.15, 0.2) is 12.4 Å². The Hall–Kier alpha value is -1.16. The molecule has 0 bridgehead atoms. The van der Waals surface area contributed by atoms with E-state index in [0.29, 0.717) is 12.0 Å². The molecule has 1 aromatic heterocycles. The van der Waals surface area contributed by atoms with E-state index >= 15 is 0 Å². The van der Waals surface area contributed by atoms with Crippen LogP contribution in [-0.2, 0) is 0 Å². The van der Waals surface area contributed by atoms with Crippen molar-refractivity contribution in [2.45, 2.75) is 32.2 Å². The predicted octanol–water partition coefficient (Wildman–Crippen LogP) is 1.35. The maximum atomic E-state index is 5.81. The minimum absolute atomic E-state index is 0.541. The Kier molecular flexibility index (Phi) is 3.39. The second kappa shape index (κ2) is 4.78. The van der Waals surface area contributed by atoms with Crippen molar-refractivity contribution in [3.05, 3.63) is 18.1 Å². The Labute approximate surface area is 96.9 Å². The molecule has 1 aromatic rings. The molecule has 2 N–H and O–H groups in total. The number of aryl methyl sites for hydroxylation is 1. The van der Waals surface area contributed by atoms with E-state index in [1.807, 2.05) is 13.0 Å². The number of aromatic nitrogens is 2. The maximum absolute atomic E-state index is 5.81. The van der Waals surface area contributed by atoms with E-state index in [-0.39, 0.29) is 0 Å². The van der Waals surface area contributed by atoms with Crippen molar-refractivity contribution >= 4 is 5.82 Å². The molecule has 88 valence electrons. The lowest BCUT2D eigenvalue weighted by Gasteiger charge is -2.30. The van der Waals surface area contributed by atoms with Crippen molar-refractivity contribution in [3.8, 4) is 0 Å². The molecule has 0 saturated heterocycles. The highest BCUT2D eigenvalue weighted by atomic mass is 15.2. The van der Waals surface area contributed by atoms with E-state index in [2.05, 4.69) is 21.9 Å². The zero-order valence-corrected chi connectivity index (χ0v) is 10.1. The molecule has 1 aliphatic rings. The third-order valence-corrected chi connectivity index (χ3v) is 3.57. The number of hydrogen-bond acceptors (Lipinski definition) is 4. The molecule has 0 aromatic carbocycles. The van der Waals surface area contributed by atoms with Crippen LogP contribution < -0.4 is 10.6 Å². The molecule has 1 heterocycles. The van der Waals surface area contributed by atoms with Gasteiger partial charge in [-0.05, 0) is 32.2 Å². The van der Waals surface area contributed by atoms with Gasteiger partial charge in [-0.3, -0.25) is 0 Å². The Balaban J connectivity index is 2.15. The second-order valence-corrected chi connectivity index (χ2v) is 4.62. The molecule has 0 radical (unpaired) electrons. The molecular weight excluding hydrogens is 200 g/mol. The predicted molar refractivity (Wildman–Crippen MR) is 65.4 cm³/mol. The Morgan fingerprint density at radius 2 is 2.25 bits per heavy atom. The lowest BCUT2D eigenvalue weighted by Crippen LogP contribution is -2.38. The molecule has 2 rings (SSSR count). The number of anilines is 1. The van der Waals surface area contributed by atoms with Gasteiger partial charge in [0.1, 0.15) is 12.1 Å². The van der Waals surface area contributed by atoms with E-state index in [9.17, 15) is 0 Å². The topological polar surface area (TPSA) is 55.0 Å². The molecular formula is C12H20N4. The average molecular weight is 220 g/mol. The van der Waals surface area contributed by atoms with Crippen LogP contribution in [0, 0.1) is 12.8 Å². The van der Waals surface area contributed by atoms with Gasteiger partial charge in [-0.25, -0.2) is 9.97 Å². The fourth-order valence-corrected chi connectivity index (χ4v) is 2.61. The number of rotatable bonds is 3. The summed E-state index contributed by atoms with van der Waals surface area (Å²) in [5.41, 5.74) is 6.82. The molecule has 16 heavy (non-hydrogen) atoms. The van der Waals surface area contributed by atoms with E-state index in [0.717, 1.165) is 18.1 Å². The van der Waals surface area contributed by atoms with Crippen molar-refractivity contribution in [1.29, 1.82) is 0 Å². The normalized spacial score (nSPS) is 24.7. The minimum atomic E-state index is 0.541. The highest BCUT2D eigenvalue weighted by molar-refractivity contribution is 5.39. The lowest BCUT2D eigenvalue weighted by molar-refractivity contribution is 0.472. The van der Waals surface area contributed by atoms with Crippen LogP contribution in [0.3, 0.4) is 0 Å². The van der Waals surface area contributed by atoms with Crippen molar-refractivity contribution < 1.29 is 0 Å². The summed E-state index contributed by atoms with van der Waals surface area (Å²) in [6, 6.07) is 2.57. The first kappa shape index (κ1) is 11.3. The molecule has 4 heteroatoms. The number of nitrogens with two attached hydrogens (primary N) is 1. The van der Waals surface area contributed by atoms with Gasteiger partial charge in [0.15, 0.2) is 0 Å². The summed E-state index contributed by atoms with van der Waals surface area (Å²) >= 11 is 0. The summed E-state index contributed by atoms with van der Waals surface area (Å²) in [5.74, 6) is 1.62. The molecule has 4 nitrogen and oxygen atoms in total. The monoisotopic (exact) mass is 220 g/mol. The lowest BCUT2D eigenvalue weighted by atomic mass is 10.0. The number of nitrogens with zero attached hydrogens (tertiary/aromatic N) is 3. The van der Waals surface area contributed by atoms with Crippen molar-refractivity contribution in [2.24, 2.45) is 11.7 Å². The molecule has 2 unspecified atom stereocenters. The third-order valence-electron chi connectivity index (χ3n) is 3.57. The zero-order chi connectivity index (χ0) is 11.5. The summed E-state index contributed by atoms with van der Waals surface area (Å²) in [4.78, 5) is 10.7. The van der Waals surface area contributed by atoms with E-state index in [1.54, 1.807) is 6.33 Å². The highest BCUT2D eigenvalue weighted by Crippen LogP contribution is 2.30. The van der Waals surface area contributed by atoms with Crippen molar-refractivity contribution in [3.63, 3.8) is 0 Å². The highest BCUT2D eigenvalue weighted by Gasteiger charge is 2.29. The smallest absolute Gasteiger partial charge is 0.132 e. The second-order valence-electron chi connectivity index (χ2n) is 4.62. The minimum Gasteiger partial charge on any atom is -0.356 e. The van der Waals surface area contributed by atoms with E-state index in [1.165, 1.54) is 19.3 Å². The molecule has 0 amide bonds. The van der Waals surface area contributed by atoms with Crippen molar-refractivity contribution in [2.75, 3.05) is 18.5 Å². The van der Waals surface area contributed by atoms with Gasteiger partial charge in [0, 0.05) is 24.8 Å². The average Bonchev–Trinajstić information content (AvgIpc) is 2.76. The van der Waals surface area contributed by atoms with Crippen LogP contribution >= 0.6 is 0 Å². The Bertz CT molecular complexity index is 353. The SMILES string of the molecule is Cc1cc(N(C)C2CCCC2CN)ncn1. The Morgan fingerprint density at radius 1 is 1.44 bits per heavy atom. The molecule has 0 spiro atoms. The van der Waals surface area contributed by atoms with Gasteiger partial charge in [-0.15, -0.1) is 0 Å². The summed E-state index contributed by atoms with van der Waals surface area (Å²) < 4.78 is 0. The van der Waals surface area contributed by atoms with Gasteiger partial charge in [-0.1, -0.05) is 6.42 Å². The van der Waals surface area contributed by atoms with Gasteiger partial charge in [0.05, 0.1) is 0 Å². The van der Waals surface area contributed by atoms with Crippen LogP contribution in [0.5, 0.6) is 0 Å². The third kappa shape index (κ3) is 2.16. The standard InChI is InChI=1S/C12H20N4/c1-9-6-12(15-8-14-9)16(2)11-5-3-4-10(11)7-13/h6,8,10-11H,3-5,7,13H2,1-2H3. The molecule has 1 aliphatic carbocycles. The summed E-state index contributed by atoms with van der Waals surface area (Å²) in [7, 11) is 2.11. The van der Waals surface area contributed by atoms with Gasteiger partial charge in [0.25, 0.3) is 0 Å². The van der Waals surface area contributed by atoms with Crippen LogP contribution in [-0.4, -0.2) is 29.6 Å². The quantitative estimate of drug-likeness (QED) is 0.835. The fourth-order valence-electron chi connectivity index (χ4n) is 2.61. The summed E-state index contributed by atoms with van der Waals surface area (Å²) in [6.45, 7) is 2.77. The first-order valence-electron chi connectivity index (χ1n) is 5.94. The molecule has 1 saturated carbocycles. The van der Waals surface area contributed by atoms with Crippen LogP contribution in [0.4, 0.5) is 5.82 Å². The first-order chi connectivity index (χ1) is 7.72. The van der Waals surface area contributed by atoms with Gasteiger partial charge in [-0.2, -0.15) is 0 Å². The number of hydrogen-bond donors (Lipinski definition) is 1. The van der Waals surface area contributed by atoms with Gasteiger partial charge >= 0.3 is 0 Å². The van der Waals surface area contributed by atoms with Gasteiger partial charge in [0.2, 0.25) is 0 Å². The summed E-state index contributed by atoms with van der Waals surface area (Å²) in [6.07, 6.45) is 5.38. The van der Waals surface area contributed by atoms with Gasteiger partial charge < -0.3 is 10.6 Å². The largest absolute Gasteiger partial charge is 0.356 e. The zero-order valence-electron chi connectivity index (χ0n) is 10.1. The fraction of sp³-hybridized carbons (Fsp3) is 0.667. The van der Waals surface area contributed by atoms with E-state index < -0.39 is 0 Å². The van der Waals surface area contributed by atoms with Crippen molar-refractivity contribution in [1.82, 2.24) is 9.97 Å². The first-order valence-corrected chi connectivity index (χ1v) is 5.94. The maximum Gasteiger partial charge on any atom is 0.132 e. The van der Waals surface area contributed by atoms with Crippen LogP contribution in [0.1, 0.15) is 25.0 Å². The Morgan fingerprint density at radius 3 is 2.94 bits per heavy atom. The molecule has 0 aliphatic heterocycles. The van der Waals surface area contributed by atoms with Crippen LogP contribution in [0.2, 0.25) is 0 Å².